The van der Waals surface area contributed by atoms with Gasteiger partial charge in [-0.2, -0.15) is 5.10 Å². The second-order valence-electron chi connectivity index (χ2n) is 8.98. The van der Waals surface area contributed by atoms with Crippen molar-refractivity contribution in [2.24, 2.45) is 5.92 Å². The predicted octanol–water partition coefficient (Wildman–Crippen LogP) is 6.58. The number of fused-ring (bicyclic) bond motifs is 2. The van der Waals surface area contributed by atoms with Gasteiger partial charge in [0.15, 0.2) is 11.5 Å². The lowest BCUT2D eigenvalue weighted by atomic mass is 10.1. The van der Waals surface area contributed by atoms with Crippen LogP contribution in [0, 0.1) is 12.8 Å². The van der Waals surface area contributed by atoms with Crippen LogP contribution >= 0.6 is 11.3 Å². The molecule has 6 heterocycles. The number of nitrogens with zero attached hydrogens (tertiary/aromatic N) is 5. The molecule has 36 heavy (non-hydrogen) atoms. The van der Waals surface area contributed by atoms with E-state index < -0.39 is 0 Å². The van der Waals surface area contributed by atoms with Crippen LogP contribution in [0.25, 0.3) is 55.4 Å². The van der Waals surface area contributed by atoms with Crippen LogP contribution in [0.1, 0.15) is 18.7 Å². The highest BCUT2D eigenvalue weighted by atomic mass is 32.1. The maximum absolute atomic E-state index is 4.93. The van der Waals surface area contributed by atoms with Crippen molar-refractivity contribution in [1.29, 1.82) is 0 Å². The molecule has 0 fully saturated rings. The van der Waals surface area contributed by atoms with E-state index in [0.717, 1.165) is 55.3 Å². The lowest BCUT2D eigenvalue weighted by Gasteiger charge is -2.13. The third-order valence-electron chi connectivity index (χ3n) is 6.04. The molecule has 0 spiro atoms. The fourth-order valence-corrected chi connectivity index (χ4v) is 4.86. The monoisotopic (exact) mass is 492 g/mol. The van der Waals surface area contributed by atoms with Gasteiger partial charge in [-0.1, -0.05) is 20.4 Å². The van der Waals surface area contributed by atoms with Crippen LogP contribution in [0.4, 0.5) is 5.69 Å². The summed E-state index contributed by atoms with van der Waals surface area (Å²) in [6.45, 7) is 10.4. The number of rotatable bonds is 6. The van der Waals surface area contributed by atoms with Gasteiger partial charge in [0, 0.05) is 28.5 Å². The minimum atomic E-state index is 0.319. The van der Waals surface area contributed by atoms with Crippen molar-refractivity contribution in [3.63, 3.8) is 0 Å². The minimum Gasteiger partial charge on any atom is -0.358 e. The number of aromatic nitrogens is 7. The lowest BCUT2D eigenvalue weighted by Crippen LogP contribution is -2.04. The Morgan fingerprint density at radius 1 is 1.00 bits per heavy atom. The molecule has 9 heteroatoms. The lowest BCUT2D eigenvalue weighted by molar-refractivity contribution is 0.778. The van der Waals surface area contributed by atoms with Gasteiger partial charge in [-0.15, -0.1) is 11.3 Å². The number of thiophene rings is 1. The van der Waals surface area contributed by atoms with Gasteiger partial charge in [0.2, 0.25) is 0 Å². The molecule has 0 unspecified atom stereocenters. The molecule has 0 aliphatic rings. The molecule has 0 aliphatic carbocycles. The zero-order valence-corrected chi connectivity index (χ0v) is 20.9. The highest BCUT2D eigenvalue weighted by Crippen LogP contribution is 2.33. The Hall–Kier alpha value is -4.37. The molecule has 0 radical (unpaired) electrons. The van der Waals surface area contributed by atoms with Gasteiger partial charge in [-0.05, 0) is 49.2 Å². The molecule has 6 aromatic heterocycles. The van der Waals surface area contributed by atoms with Crippen molar-refractivity contribution in [3.05, 3.63) is 72.1 Å². The molecule has 3 N–H and O–H groups in total. The maximum Gasteiger partial charge on any atom is 0.161 e. The molecule has 6 rings (SSSR count). The average Bonchev–Trinajstić information content (AvgIpc) is 3.61. The number of hydrogen-bond donors (Lipinski definition) is 3. The van der Waals surface area contributed by atoms with E-state index in [9.17, 15) is 0 Å². The largest absolute Gasteiger partial charge is 0.358 e. The summed E-state index contributed by atoms with van der Waals surface area (Å²) in [5.41, 5.74) is 8.31. The van der Waals surface area contributed by atoms with Gasteiger partial charge in [-0.25, -0.2) is 9.97 Å². The van der Waals surface area contributed by atoms with Crippen molar-refractivity contribution in [2.45, 2.75) is 20.8 Å². The molecule has 8 nitrogen and oxygen atoms in total. The van der Waals surface area contributed by atoms with Gasteiger partial charge in [0.25, 0.3) is 0 Å². The summed E-state index contributed by atoms with van der Waals surface area (Å²) in [6.07, 6.45) is 5.39. The van der Waals surface area contributed by atoms with E-state index >= 15 is 0 Å². The summed E-state index contributed by atoms with van der Waals surface area (Å²) >= 11 is 1.70. The molecule has 6 aromatic rings. The number of allylic oxidation sites excluding steroid dienone is 1. The third-order valence-corrected chi connectivity index (χ3v) is 7.05. The summed E-state index contributed by atoms with van der Waals surface area (Å²) in [6, 6.07) is 12.1. The van der Waals surface area contributed by atoms with Crippen LogP contribution in [0.5, 0.6) is 0 Å². The fourth-order valence-electron chi connectivity index (χ4n) is 3.99. The molecule has 0 saturated heterocycles. The highest BCUT2D eigenvalue weighted by Gasteiger charge is 2.18. The summed E-state index contributed by atoms with van der Waals surface area (Å²) in [7, 11) is 0. The van der Waals surface area contributed by atoms with Crippen molar-refractivity contribution in [1.82, 2.24) is 35.1 Å². The minimum absolute atomic E-state index is 0.319. The molecular weight excluding hydrogens is 468 g/mol. The number of imidazole rings is 1. The normalized spacial score (nSPS) is 11.6. The molecular formula is C27H24N8S. The molecule has 0 amide bonds. The summed E-state index contributed by atoms with van der Waals surface area (Å²) in [4.78, 5) is 24.6. The van der Waals surface area contributed by atoms with Crippen molar-refractivity contribution in [2.75, 3.05) is 5.32 Å². The number of aryl methyl sites for hydroxylation is 1. The summed E-state index contributed by atoms with van der Waals surface area (Å²) in [5.74, 6) is 0.963. The molecule has 0 aliphatic heterocycles. The van der Waals surface area contributed by atoms with E-state index in [-0.39, 0.29) is 0 Å². The topological polar surface area (TPSA) is 108 Å². The van der Waals surface area contributed by atoms with Crippen LogP contribution < -0.4 is 5.32 Å². The van der Waals surface area contributed by atoms with Gasteiger partial charge in [0.1, 0.15) is 16.7 Å². The first-order chi connectivity index (χ1) is 17.5. The number of anilines is 1. The SMILES string of the molecule is C=C(Nc1cncc(-c2ccc3[nH]nc(-c4nc5c(-c6ccc(C)s6)nccc5[nH]4)c3n2)c1)C(C)C. The van der Waals surface area contributed by atoms with Crippen LogP contribution in [-0.2, 0) is 0 Å². The Balaban J connectivity index is 1.41. The van der Waals surface area contributed by atoms with Gasteiger partial charge in [-0.3, -0.25) is 15.1 Å². The molecule has 0 saturated carbocycles. The number of H-pyrrole nitrogens is 2. The number of aromatic amines is 2. The number of pyridine rings is 3. The summed E-state index contributed by atoms with van der Waals surface area (Å²) in [5, 5.41) is 11.0. The molecule has 0 bridgehead atoms. The third kappa shape index (κ3) is 3.93. The van der Waals surface area contributed by atoms with Crippen LogP contribution in [-0.4, -0.2) is 35.1 Å². The molecule has 178 valence electrons. The standard InChI is InChI=1S/C27H24N8S/c1-14(2)16(4)30-18-11-17(12-28-13-18)19-6-7-21-24(31-19)26(35-34-21)27-32-20-9-10-29-25(23(20)33-27)22-8-5-15(3)36-22/h5-14,30H,4H2,1-3H3,(H,32,33)(H,34,35). The Morgan fingerprint density at radius 2 is 1.86 bits per heavy atom. The quantitative estimate of drug-likeness (QED) is 0.242. The van der Waals surface area contributed by atoms with Gasteiger partial charge in [0.05, 0.1) is 33.5 Å². The number of nitrogens with one attached hydrogen (secondary N) is 3. The Labute approximate surface area is 211 Å². The zero-order chi connectivity index (χ0) is 24.8. The van der Waals surface area contributed by atoms with Crippen LogP contribution in [0.15, 0.2) is 67.3 Å². The van der Waals surface area contributed by atoms with Crippen molar-refractivity contribution < 1.29 is 0 Å². The molecule has 0 atom stereocenters. The Bertz CT molecular complexity index is 1740. The Kier molecular flexibility index (Phi) is 5.34. The van der Waals surface area contributed by atoms with Gasteiger partial charge >= 0.3 is 0 Å². The first-order valence-corrected chi connectivity index (χ1v) is 12.5. The second kappa shape index (κ2) is 8.69. The maximum atomic E-state index is 4.93. The Morgan fingerprint density at radius 3 is 2.67 bits per heavy atom. The van der Waals surface area contributed by atoms with E-state index in [1.165, 1.54) is 4.88 Å². The van der Waals surface area contributed by atoms with E-state index in [2.05, 4.69) is 69.9 Å². The smallest absolute Gasteiger partial charge is 0.161 e. The second-order valence-corrected chi connectivity index (χ2v) is 10.3. The fraction of sp³-hybridized carbons (Fsp3) is 0.148. The number of hydrogen-bond acceptors (Lipinski definition) is 7. The van der Waals surface area contributed by atoms with Gasteiger partial charge < -0.3 is 10.3 Å². The van der Waals surface area contributed by atoms with E-state index in [0.29, 0.717) is 17.4 Å². The van der Waals surface area contributed by atoms with Crippen LogP contribution in [0.3, 0.4) is 0 Å². The van der Waals surface area contributed by atoms with Crippen molar-refractivity contribution >= 4 is 39.1 Å². The van der Waals surface area contributed by atoms with E-state index in [4.69, 9.17) is 9.97 Å². The predicted molar refractivity (Wildman–Crippen MR) is 146 cm³/mol. The van der Waals surface area contributed by atoms with E-state index in [1.807, 2.05) is 24.3 Å². The highest BCUT2D eigenvalue weighted by molar-refractivity contribution is 7.15. The van der Waals surface area contributed by atoms with Crippen LogP contribution in [0.2, 0.25) is 0 Å². The van der Waals surface area contributed by atoms with E-state index in [1.54, 1.807) is 29.9 Å². The zero-order valence-electron chi connectivity index (χ0n) is 20.1. The first-order valence-electron chi connectivity index (χ1n) is 11.6. The van der Waals surface area contributed by atoms with Crippen molar-refractivity contribution in [3.8, 4) is 33.3 Å². The molecule has 0 aromatic carbocycles. The average molecular weight is 493 g/mol. The summed E-state index contributed by atoms with van der Waals surface area (Å²) < 4.78 is 0. The first kappa shape index (κ1) is 22.1.